The van der Waals surface area contributed by atoms with E-state index in [1.807, 2.05) is 0 Å². The normalized spacial score (nSPS) is 14.1. The van der Waals surface area contributed by atoms with Gasteiger partial charge in [0.2, 0.25) is 0 Å². The molecule has 3 spiro atoms. The first kappa shape index (κ1) is 62.3. The molecule has 0 fully saturated rings. The van der Waals surface area contributed by atoms with Crippen LogP contribution in [0.25, 0.3) is 66.8 Å². The molecule has 0 radical (unpaired) electrons. The minimum Gasteiger partial charge on any atom is -0.310 e. The lowest BCUT2D eigenvalue weighted by molar-refractivity contribution is 0.764. The minimum atomic E-state index is -0.888. The smallest absolute Gasteiger partial charge is 0.0732 e. The largest absolute Gasteiger partial charge is 0.310 e. The fourth-order valence-electron chi connectivity index (χ4n) is 20.6. The first-order chi connectivity index (χ1) is 53.0. The number of aryl methyl sites for hydroxylation is 6. The number of rotatable bonds is 9. The Morgan fingerprint density at radius 2 is 0.324 bits per heavy atom. The summed E-state index contributed by atoms with van der Waals surface area (Å²) in [5, 5.41) is 0. The van der Waals surface area contributed by atoms with Gasteiger partial charge < -0.3 is 14.7 Å². The fraction of sp³-hybridized carbons (Fsp3) is 0.0857. The highest BCUT2D eigenvalue weighted by Crippen LogP contribution is 2.77. The highest BCUT2D eigenvalue weighted by molar-refractivity contribution is 6.14. The van der Waals surface area contributed by atoms with Crippen molar-refractivity contribution in [3.05, 3.63) is 446 Å². The van der Waals surface area contributed by atoms with Crippen molar-refractivity contribution in [2.24, 2.45) is 0 Å². The summed E-state index contributed by atoms with van der Waals surface area (Å²) in [4.78, 5) is 7.50. The number of hydrogen-bond donors (Lipinski definition) is 0. The quantitative estimate of drug-likeness (QED) is 0.143. The summed E-state index contributed by atoms with van der Waals surface area (Å²) in [6.07, 6.45) is 0. The molecule has 510 valence electrons. The van der Waals surface area contributed by atoms with Gasteiger partial charge in [-0.25, -0.2) is 0 Å². The van der Waals surface area contributed by atoms with E-state index < -0.39 is 16.2 Å². The van der Waals surface area contributed by atoms with Crippen molar-refractivity contribution in [3.8, 4) is 66.8 Å². The molecule has 0 aromatic heterocycles. The van der Waals surface area contributed by atoms with Gasteiger partial charge in [-0.2, -0.15) is 0 Å². The molecule has 0 unspecified atom stereocenters. The highest BCUT2D eigenvalue weighted by atomic mass is 15.2. The van der Waals surface area contributed by atoms with Gasteiger partial charge in [-0.1, -0.05) is 270 Å². The molecule has 3 heteroatoms. The van der Waals surface area contributed by atoms with Crippen molar-refractivity contribution in [2.45, 2.75) is 57.8 Å². The first-order valence-electron chi connectivity index (χ1n) is 38.1. The van der Waals surface area contributed by atoms with Crippen molar-refractivity contribution in [1.82, 2.24) is 0 Å². The zero-order valence-electron chi connectivity index (χ0n) is 61.3. The summed E-state index contributed by atoms with van der Waals surface area (Å²) in [7, 11) is 0. The maximum absolute atomic E-state index is 2.63. The lowest BCUT2D eigenvalue weighted by Crippen LogP contribution is -2.31. The SMILES string of the molecule is Cc1ccc(N(c2ccc(C)cc2)c2ccc3c(c2)C2(c4ccccc4-c4ccccc42)c2c-3c3c(c4c2-c2ccc(N(c5ccc(C)cc5)c5ccc(C)cc5)cc2C42c4ccccc4-c4ccccc42)-c2ccc(N(c4ccc(C)cc4)c4ccc(C)cc4)cc2C32c3ccccc3-c3ccccc32)cc1. The Bertz CT molecular complexity index is 5550. The van der Waals surface area contributed by atoms with E-state index in [1.165, 1.54) is 167 Å². The van der Waals surface area contributed by atoms with Gasteiger partial charge in [-0.05, 0) is 284 Å². The van der Waals surface area contributed by atoms with E-state index in [0.717, 1.165) is 51.2 Å². The predicted molar refractivity (Wildman–Crippen MR) is 448 cm³/mol. The van der Waals surface area contributed by atoms with Crippen LogP contribution in [0, 0.1) is 41.5 Å². The zero-order valence-corrected chi connectivity index (χ0v) is 61.3. The summed E-state index contributed by atoms with van der Waals surface area (Å²) < 4.78 is 0. The maximum Gasteiger partial charge on any atom is 0.0732 e. The van der Waals surface area contributed by atoms with E-state index >= 15 is 0 Å². The van der Waals surface area contributed by atoms with Gasteiger partial charge in [0, 0.05) is 51.2 Å². The molecule has 22 rings (SSSR count). The van der Waals surface area contributed by atoms with Crippen LogP contribution in [0.5, 0.6) is 0 Å². The lowest BCUT2D eigenvalue weighted by atomic mass is 9.63. The average molecular weight is 1380 g/mol. The Morgan fingerprint density at radius 3 is 0.509 bits per heavy atom. The Labute approximate surface area is 632 Å². The topological polar surface area (TPSA) is 9.72 Å². The number of benzene rings is 16. The van der Waals surface area contributed by atoms with Crippen molar-refractivity contribution >= 4 is 51.2 Å². The van der Waals surface area contributed by atoms with E-state index in [-0.39, 0.29) is 0 Å². The molecule has 6 aliphatic carbocycles. The van der Waals surface area contributed by atoms with Crippen LogP contribution in [0.3, 0.4) is 0 Å². The van der Waals surface area contributed by atoms with E-state index in [4.69, 9.17) is 0 Å². The van der Waals surface area contributed by atoms with Crippen LogP contribution in [0.2, 0.25) is 0 Å². The number of nitrogens with zero attached hydrogens (tertiary/aromatic N) is 3. The number of hydrogen-bond acceptors (Lipinski definition) is 3. The Morgan fingerprint density at radius 1 is 0.157 bits per heavy atom. The van der Waals surface area contributed by atoms with Crippen molar-refractivity contribution in [2.75, 3.05) is 14.7 Å². The first-order valence-corrected chi connectivity index (χ1v) is 38.1. The number of fused-ring (bicyclic) bond motifs is 33. The molecule has 0 bridgehead atoms. The van der Waals surface area contributed by atoms with E-state index in [1.54, 1.807) is 0 Å². The van der Waals surface area contributed by atoms with Crippen molar-refractivity contribution in [1.29, 1.82) is 0 Å². The second-order valence-corrected chi connectivity index (χ2v) is 31.0. The number of anilines is 9. The van der Waals surface area contributed by atoms with Gasteiger partial charge in [-0.15, -0.1) is 0 Å². The summed E-state index contributed by atoms with van der Waals surface area (Å²) in [5.41, 5.74) is 45.5. The summed E-state index contributed by atoms with van der Waals surface area (Å²) in [6, 6.07) is 135. The van der Waals surface area contributed by atoms with Gasteiger partial charge in [-0.3, -0.25) is 0 Å². The molecule has 16 aromatic carbocycles. The molecular formula is C105H75N3. The Balaban J connectivity index is 0.968. The third kappa shape index (κ3) is 8.28. The van der Waals surface area contributed by atoms with Crippen LogP contribution >= 0.6 is 0 Å². The van der Waals surface area contributed by atoms with Crippen LogP contribution in [-0.4, -0.2) is 0 Å². The van der Waals surface area contributed by atoms with Gasteiger partial charge in [0.15, 0.2) is 0 Å². The molecule has 0 amide bonds. The third-order valence-electron chi connectivity index (χ3n) is 25.0. The second-order valence-electron chi connectivity index (χ2n) is 31.0. The molecular weight excluding hydrogens is 1300 g/mol. The molecule has 0 atom stereocenters. The second kappa shape index (κ2) is 23.0. The van der Waals surface area contributed by atoms with Gasteiger partial charge in [0.1, 0.15) is 0 Å². The van der Waals surface area contributed by atoms with Crippen LogP contribution in [0.1, 0.15) is 100 Å². The Hall–Kier alpha value is -13.1. The molecule has 0 saturated carbocycles. The third-order valence-corrected chi connectivity index (χ3v) is 25.0. The van der Waals surface area contributed by atoms with E-state index in [0.29, 0.717) is 0 Å². The highest BCUT2D eigenvalue weighted by Gasteiger charge is 2.65. The monoisotopic (exact) mass is 1380 g/mol. The van der Waals surface area contributed by atoms with Crippen LogP contribution in [0.4, 0.5) is 51.2 Å². The van der Waals surface area contributed by atoms with Crippen LogP contribution < -0.4 is 14.7 Å². The summed E-state index contributed by atoms with van der Waals surface area (Å²) in [5.74, 6) is 0. The van der Waals surface area contributed by atoms with Crippen molar-refractivity contribution < 1.29 is 0 Å². The summed E-state index contributed by atoms with van der Waals surface area (Å²) >= 11 is 0. The maximum atomic E-state index is 2.63. The molecule has 108 heavy (non-hydrogen) atoms. The van der Waals surface area contributed by atoms with Gasteiger partial charge in [0.25, 0.3) is 0 Å². The van der Waals surface area contributed by atoms with E-state index in [2.05, 4.69) is 402 Å². The predicted octanol–water partition coefficient (Wildman–Crippen LogP) is 27.0. The summed E-state index contributed by atoms with van der Waals surface area (Å²) in [6.45, 7) is 13.1. The molecule has 3 nitrogen and oxygen atoms in total. The van der Waals surface area contributed by atoms with Gasteiger partial charge in [0.05, 0.1) is 16.2 Å². The molecule has 0 heterocycles. The molecule has 0 N–H and O–H groups in total. The lowest BCUT2D eigenvalue weighted by Gasteiger charge is -2.38. The zero-order chi connectivity index (χ0) is 72.1. The average Bonchev–Trinajstić information content (AvgIpc) is 1.45. The molecule has 0 aliphatic heterocycles. The minimum absolute atomic E-state index is 0.888. The molecule has 16 aromatic rings. The van der Waals surface area contributed by atoms with Gasteiger partial charge >= 0.3 is 0 Å². The van der Waals surface area contributed by atoms with E-state index in [9.17, 15) is 0 Å². The molecule has 0 saturated heterocycles. The van der Waals surface area contributed by atoms with Crippen LogP contribution in [0.15, 0.2) is 346 Å². The molecule has 6 aliphatic rings. The van der Waals surface area contributed by atoms with Crippen LogP contribution in [-0.2, 0) is 16.2 Å². The fourth-order valence-corrected chi connectivity index (χ4v) is 20.6. The Kier molecular flexibility index (Phi) is 13.2. The van der Waals surface area contributed by atoms with Crippen molar-refractivity contribution in [3.63, 3.8) is 0 Å². The standard InChI is InChI=1S/C105H75N3/c1-64-31-43-70(44-32-64)106(71-45-33-65(2)34-46-71)76-55-58-85-94(61-76)103(88-25-13-7-19-79(88)80-20-8-14-26-89(80)103)100-97(85)101-99(87-60-57-78(108(74-51-39-68(5)40-52-74)75-53-41-69(6)42-54-75)63-96(87)104(101)90-27-15-9-21-81(90)82-22-10-16-28-91(82)104)102-98(100)86-59-56-77(107(72-47-35-66(3)36-48-72)73-49-37-67(4)38-50-73)62-95(86)105(102)92-29-17-11-23-83(92)84-24-12-18-30-93(84)105/h7-63H,1-6H3.